The number of aromatic nitrogens is 5. The minimum absolute atomic E-state index is 0.701. The molecule has 166 valence electrons. The number of ether oxygens (including phenoxy) is 1. The number of nitrogens with one attached hydrogen (secondary N) is 1. The van der Waals surface area contributed by atoms with Gasteiger partial charge in [-0.05, 0) is 13.1 Å². The van der Waals surface area contributed by atoms with E-state index in [1.807, 2.05) is 6.20 Å². The quantitative estimate of drug-likeness (QED) is 0.507. The van der Waals surface area contributed by atoms with Crippen LogP contribution >= 0.6 is 11.3 Å². The third-order valence-corrected chi connectivity index (χ3v) is 7.27. The fourth-order valence-electron chi connectivity index (χ4n) is 4.31. The Morgan fingerprint density at radius 2 is 1.88 bits per heavy atom. The highest BCUT2D eigenvalue weighted by Gasteiger charge is 2.22. The van der Waals surface area contributed by atoms with Crippen molar-refractivity contribution >= 4 is 38.4 Å². The predicted molar refractivity (Wildman–Crippen MR) is 126 cm³/mol. The standard InChI is InChI=1S/C22H26N8OS/c1-28-4-6-29(7-5-28)14-18-24-21-19(32-18)22(30-8-10-31-11-9-30)26-20(25-21)15-2-3-16-13-23-27-17(16)12-15/h2-3,12-13H,4-11,14H2,1H3,(H,23,27). The molecule has 0 aliphatic carbocycles. The van der Waals surface area contributed by atoms with Crippen LogP contribution in [-0.4, -0.2) is 94.5 Å². The number of H-pyrrole nitrogens is 1. The Balaban J connectivity index is 1.40. The molecule has 0 spiro atoms. The van der Waals surface area contributed by atoms with Gasteiger partial charge in [0, 0.05) is 50.2 Å². The summed E-state index contributed by atoms with van der Waals surface area (Å²) >= 11 is 1.73. The Bertz CT molecular complexity index is 1240. The van der Waals surface area contributed by atoms with Gasteiger partial charge in [0.2, 0.25) is 0 Å². The second-order valence-corrected chi connectivity index (χ2v) is 9.57. The molecule has 2 aliphatic heterocycles. The first-order valence-electron chi connectivity index (χ1n) is 11.1. The lowest BCUT2D eigenvalue weighted by molar-refractivity contribution is 0.122. The van der Waals surface area contributed by atoms with Crippen LogP contribution in [0.1, 0.15) is 5.01 Å². The van der Waals surface area contributed by atoms with Gasteiger partial charge < -0.3 is 14.5 Å². The molecule has 1 N–H and O–H groups in total. The number of hydrogen-bond acceptors (Lipinski definition) is 9. The van der Waals surface area contributed by atoms with Crippen LogP contribution < -0.4 is 4.90 Å². The second-order valence-electron chi connectivity index (χ2n) is 8.48. The first kappa shape index (κ1) is 20.0. The van der Waals surface area contributed by atoms with Crippen molar-refractivity contribution < 1.29 is 4.74 Å². The van der Waals surface area contributed by atoms with Gasteiger partial charge in [0.1, 0.15) is 9.71 Å². The molecular weight excluding hydrogens is 424 g/mol. The molecule has 0 amide bonds. The van der Waals surface area contributed by atoms with E-state index < -0.39 is 0 Å². The topological polar surface area (TPSA) is 86.3 Å². The molecule has 5 heterocycles. The van der Waals surface area contributed by atoms with Crippen molar-refractivity contribution in [3.8, 4) is 11.4 Å². The van der Waals surface area contributed by atoms with Crippen molar-refractivity contribution in [2.45, 2.75) is 6.54 Å². The summed E-state index contributed by atoms with van der Waals surface area (Å²) in [7, 11) is 2.18. The summed E-state index contributed by atoms with van der Waals surface area (Å²) in [5.41, 5.74) is 2.73. The van der Waals surface area contributed by atoms with Gasteiger partial charge in [0.05, 0.1) is 31.5 Å². The van der Waals surface area contributed by atoms with E-state index in [4.69, 9.17) is 19.7 Å². The van der Waals surface area contributed by atoms with Crippen LogP contribution in [0, 0.1) is 0 Å². The van der Waals surface area contributed by atoms with E-state index in [1.54, 1.807) is 11.3 Å². The SMILES string of the molecule is CN1CCN(Cc2nc3nc(-c4ccc5cn[nH]c5c4)nc(N4CCOCC4)c3s2)CC1. The number of rotatable bonds is 4. The number of fused-ring (bicyclic) bond motifs is 2. The minimum Gasteiger partial charge on any atom is -0.378 e. The summed E-state index contributed by atoms with van der Waals surface area (Å²) in [5.74, 6) is 1.67. The number of likely N-dealkylation sites (N-methyl/N-ethyl adjacent to an activating group) is 1. The van der Waals surface area contributed by atoms with Crippen LogP contribution in [-0.2, 0) is 11.3 Å². The van der Waals surface area contributed by atoms with Crippen LogP contribution in [0.4, 0.5) is 5.82 Å². The lowest BCUT2D eigenvalue weighted by atomic mass is 10.1. The molecule has 2 aliphatic rings. The Kier molecular flexibility index (Phi) is 5.22. The molecule has 9 nitrogen and oxygen atoms in total. The third kappa shape index (κ3) is 3.83. The van der Waals surface area contributed by atoms with Crippen molar-refractivity contribution in [1.29, 1.82) is 0 Å². The zero-order valence-electron chi connectivity index (χ0n) is 18.1. The molecule has 0 saturated carbocycles. The summed E-state index contributed by atoms with van der Waals surface area (Å²) in [5, 5.41) is 9.36. The van der Waals surface area contributed by atoms with Crippen molar-refractivity contribution in [3.63, 3.8) is 0 Å². The Hall–Kier alpha value is -2.66. The van der Waals surface area contributed by atoms with Crippen LogP contribution in [0.5, 0.6) is 0 Å². The van der Waals surface area contributed by atoms with E-state index in [0.717, 1.165) is 83.5 Å². The van der Waals surface area contributed by atoms with Crippen LogP contribution in [0.3, 0.4) is 0 Å². The fourth-order valence-corrected chi connectivity index (χ4v) is 5.38. The zero-order chi connectivity index (χ0) is 21.5. The lowest BCUT2D eigenvalue weighted by Crippen LogP contribution is -2.43. The molecular formula is C22H26N8OS. The number of nitrogens with zero attached hydrogens (tertiary/aromatic N) is 7. The van der Waals surface area contributed by atoms with E-state index in [9.17, 15) is 0 Å². The van der Waals surface area contributed by atoms with E-state index in [1.165, 1.54) is 0 Å². The number of thiazole rings is 1. The number of hydrogen-bond donors (Lipinski definition) is 1. The summed E-state index contributed by atoms with van der Waals surface area (Å²) < 4.78 is 6.65. The highest BCUT2D eigenvalue weighted by molar-refractivity contribution is 7.19. The van der Waals surface area contributed by atoms with Gasteiger partial charge in [-0.2, -0.15) is 5.10 Å². The highest BCUT2D eigenvalue weighted by atomic mass is 32.1. The molecule has 6 rings (SSSR count). The van der Waals surface area contributed by atoms with Crippen molar-refractivity contribution in [1.82, 2.24) is 34.9 Å². The second kappa shape index (κ2) is 8.36. The molecule has 4 aromatic rings. The Morgan fingerprint density at radius 3 is 2.72 bits per heavy atom. The molecule has 32 heavy (non-hydrogen) atoms. The maximum Gasteiger partial charge on any atom is 0.176 e. The average molecular weight is 451 g/mol. The molecule has 0 unspecified atom stereocenters. The highest BCUT2D eigenvalue weighted by Crippen LogP contribution is 2.33. The lowest BCUT2D eigenvalue weighted by Gasteiger charge is -2.31. The Morgan fingerprint density at radius 1 is 1.03 bits per heavy atom. The predicted octanol–water partition coefficient (Wildman–Crippen LogP) is 2.21. The molecule has 1 aromatic carbocycles. The summed E-state index contributed by atoms with van der Waals surface area (Å²) in [6.45, 7) is 8.31. The molecule has 0 atom stereocenters. The first-order chi connectivity index (χ1) is 15.7. The first-order valence-corrected chi connectivity index (χ1v) is 11.9. The summed E-state index contributed by atoms with van der Waals surface area (Å²) in [6.07, 6.45) is 1.83. The minimum atomic E-state index is 0.701. The number of benzene rings is 1. The van der Waals surface area contributed by atoms with E-state index in [0.29, 0.717) is 19.0 Å². The molecule has 0 radical (unpaired) electrons. The number of anilines is 1. The van der Waals surface area contributed by atoms with Gasteiger partial charge in [0.25, 0.3) is 0 Å². The van der Waals surface area contributed by atoms with E-state index >= 15 is 0 Å². The van der Waals surface area contributed by atoms with Gasteiger partial charge in [-0.1, -0.05) is 12.1 Å². The molecule has 10 heteroatoms. The van der Waals surface area contributed by atoms with Gasteiger partial charge in [-0.25, -0.2) is 15.0 Å². The van der Waals surface area contributed by atoms with Crippen LogP contribution in [0.15, 0.2) is 24.4 Å². The number of morpholine rings is 1. The van der Waals surface area contributed by atoms with Crippen molar-refractivity contribution in [2.75, 3.05) is 64.4 Å². The largest absolute Gasteiger partial charge is 0.378 e. The normalized spacial score (nSPS) is 18.7. The maximum absolute atomic E-state index is 5.58. The monoisotopic (exact) mass is 450 g/mol. The molecule has 2 saturated heterocycles. The Labute approximate surface area is 190 Å². The van der Waals surface area contributed by atoms with Gasteiger partial charge in [-0.3, -0.25) is 10.00 Å². The van der Waals surface area contributed by atoms with Crippen LogP contribution in [0.25, 0.3) is 32.6 Å². The molecule has 3 aromatic heterocycles. The summed E-state index contributed by atoms with van der Waals surface area (Å²) in [6, 6.07) is 6.17. The molecule has 0 bridgehead atoms. The van der Waals surface area contributed by atoms with Gasteiger partial charge in [0.15, 0.2) is 17.3 Å². The average Bonchev–Trinajstić information content (AvgIpc) is 3.46. The van der Waals surface area contributed by atoms with Gasteiger partial charge >= 0.3 is 0 Å². The van der Waals surface area contributed by atoms with Crippen LogP contribution in [0.2, 0.25) is 0 Å². The van der Waals surface area contributed by atoms with E-state index in [2.05, 4.69) is 50.1 Å². The number of aromatic amines is 1. The van der Waals surface area contributed by atoms with Gasteiger partial charge in [-0.15, -0.1) is 11.3 Å². The van der Waals surface area contributed by atoms with Crippen molar-refractivity contribution in [3.05, 3.63) is 29.4 Å². The third-order valence-electron chi connectivity index (χ3n) is 6.25. The smallest absolute Gasteiger partial charge is 0.176 e. The van der Waals surface area contributed by atoms with E-state index in [-0.39, 0.29) is 0 Å². The number of piperazine rings is 1. The fraction of sp³-hybridized carbons (Fsp3) is 0.455. The van der Waals surface area contributed by atoms with Crippen molar-refractivity contribution in [2.24, 2.45) is 0 Å². The molecule has 2 fully saturated rings. The summed E-state index contributed by atoms with van der Waals surface area (Å²) in [4.78, 5) is 22.0. The zero-order valence-corrected chi connectivity index (χ0v) is 18.9. The maximum atomic E-state index is 5.58.